The van der Waals surface area contributed by atoms with Crippen LogP contribution < -0.4 is 0 Å². The highest BCUT2D eigenvalue weighted by molar-refractivity contribution is 9.10. The molecular weight excluding hydrogens is 300 g/mol. The maximum Gasteiger partial charge on any atom is 0.229 e. The van der Waals surface area contributed by atoms with Crippen molar-refractivity contribution in [2.24, 2.45) is 0 Å². The third kappa shape index (κ3) is 3.12. The monoisotopic (exact) mass is 308 g/mol. The molecule has 2 aromatic heterocycles. The summed E-state index contributed by atoms with van der Waals surface area (Å²) in [6.07, 6.45) is 2.69. The third-order valence-corrected chi connectivity index (χ3v) is 2.60. The number of aromatic nitrogens is 3. The van der Waals surface area contributed by atoms with Crippen LogP contribution in [0.2, 0.25) is 0 Å². The van der Waals surface area contributed by atoms with Gasteiger partial charge in [0.05, 0.1) is 25.0 Å². The quantitative estimate of drug-likeness (QED) is 0.923. The molecule has 0 aliphatic heterocycles. The fourth-order valence-electron chi connectivity index (χ4n) is 1.37. The Kier molecular flexibility index (Phi) is 4.02. The molecule has 0 aliphatic rings. The fourth-order valence-corrected chi connectivity index (χ4v) is 1.73. The molecule has 2 rings (SSSR count). The van der Waals surface area contributed by atoms with Gasteiger partial charge in [-0.25, -0.2) is 0 Å². The van der Waals surface area contributed by atoms with Crippen molar-refractivity contribution in [2.45, 2.75) is 18.9 Å². The van der Waals surface area contributed by atoms with E-state index in [-0.39, 0.29) is 12.8 Å². The first kappa shape index (κ1) is 12.7. The molecule has 18 heavy (non-hydrogen) atoms. The van der Waals surface area contributed by atoms with Gasteiger partial charge in [0.25, 0.3) is 0 Å². The van der Waals surface area contributed by atoms with E-state index in [0.29, 0.717) is 17.3 Å². The number of aliphatic hydroxyl groups excluding tert-OH is 1. The van der Waals surface area contributed by atoms with Crippen molar-refractivity contribution < 1.29 is 9.63 Å². The van der Waals surface area contributed by atoms with E-state index in [0.717, 1.165) is 4.47 Å². The van der Waals surface area contributed by atoms with Gasteiger partial charge in [-0.3, -0.25) is 4.98 Å². The summed E-state index contributed by atoms with van der Waals surface area (Å²) in [5.74, 6) is 0.704. The number of nitriles is 1. The maximum atomic E-state index is 9.46. The first-order chi connectivity index (χ1) is 8.69. The van der Waals surface area contributed by atoms with Gasteiger partial charge in [0.15, 0.2) is 0 Å². The first-order valence-electron chi connectivity index (χ1n) is 5.17. The highest BCUT2D eigenvalue weighted by Gasteiger charge is 2.13. The normalized spacial score (nSPS) is 12.1. The molecule has 0 saturated carbocycles. The molecule has 0 bridgehead atoms. The average Bonchev–Trinajstić information content (AvgIpc) is 2.78. The van der Waals surface area contributed by atoms with Crippen LogP contribution in [-0.2, 0) is 6.42 Å². The summed E-state index contributed by atoms with van der Waals surface area (Å²) in [5, 5.41) is 21.7. The van der Waals surface area contributed by atoms with E-state index in [9.17, 15) is 5.11 Å². The number of pyridine rings is 1. The topological polar surface area (TPSA) is 95.8 Å². The Bertz CT molecular complexity index is 578. The number of hydrogen-bond acceptors (Lipinski definition) is 6. The minimum Gasteiger partial charge on any atom is -0.392 e. The molecule has 2 heterocycles. The van der Waals surface area contributed by atoms with Crippen LogP contribution in [0.5, 0.6) is 0 Å². The molecule has 0 aromatic carbocycles. The van der Waals surface area contributed by atoms with Crippen LogP contribution in [0.1, 0.15) is 12.3 Å². The SMILES string of the molecule is N#CCC(O)Cc1nc(-c2cncc(Br)c2)no1. The van der Waals surface area contributed by atoms with Crippen LogP contribution in [0.4, 0.5) is 0 Å². The zero-order valence-corrected chi connectivity index (χ0v) is 10.8. The molecule has 92 valence electrons. The second-order valence-electron chi connectivity index (χ2n) is 3.62. The lowest BCUT2D eigenvalue weighted by atomic mass is 10.2. The summed E-state index contributed by atoms with van der Waals surface area (Å²) in [4.78, 5) is 8.14. The van der Waals surface area contributed by atoms with Crippen LogP contribution in [-0.4, -0.2) is 26.3 Å². The lowest BCUT2D eigenvalue weighted by molar-refractivity contribution is 0.167. The Morgan fingerprint density at radius 1 is 1.50 bits per heavy atom. The molecule has 2 aromatic rings. The molecule has 7 heteroatoms. The molecule has 0 aliphatic carbocycles. The predicted molar refractivity (Wildman–Crippen MR) is 65.2 cm³/mol. The van der Waals surface area contributed by atoms with Crippen molar-refractivity contribution in [1.82, 2.24) is 15.1 Å². The Hall–Kier alpha value is -1.78. The van der Waals surface area contributed by atoms with E-state index < -0.39 is 6.10 Å². The van der Waals surface area contributed by atoms with Gasteiger partial charge in [-0.1, -0.05) is 5.16 Å². The largest absolute Gasteiger partial charge is 0.392 e. The number of hydrogen-bond donors (Lipinski definition) is 1. The molecule has 1 unspecified atom stereocenters. The van der Waals surface area contributed by atoms with Crippen molar-refractivity contribution in [3.8, 4) is 17.5 Å². The summed E-state index contributed by atoms with van der Waals surface area (Å²) in [6, 6.07) is 3.69. The summed E-state index contributed by atoms with van der Waals surface area (Å²) in [6.45, 7) is 0. The van der Waals surface area contributed by atoms with Crippen molar-refractivity contribution in [1.29, 1.82) is 5.26 Å². The van der Waals surface area contributed by atoms with Gasteiger partial charge in [0, 0.05) is 22.4 Å². The van der Waals surface area contributed by atoms with Gasteiger partial charge >= 0.3 is 0 Å². The smallest absolute Gasteiger partial charge is 0.229 e. The third-order valence-electron chi connectivity index (χ3n) is 2.17. The average molecular weight is 309 g/mol. The van der Waals surface area contributed by atoms with Crippen molar-refractivity contribution in [2.75, 3.05) is 0 Å². The highest BCUT2D eigenvalue weighted by Crippen LogP contribution is 2.19. The van der Waals surface area contributed by atoms with Crippen LogP contribution in [0.15, 0.2) is 27.5 Å². The molecule has 0 fully saturated rings. The lowest BCUT2D eigenvalue weighted by Gasteiger charge is -1.99. The predicted octanol–water partition coefficient (Wildman–Crippen LogP) is 1.71. The molecular formula is C11H9BrN4O2. The van der Waals surface area contributed by atoms with Crippen LogP contribution in [0, 0.1) is 11.3 Å². The zero-order valence-electron chi connectivity index (χ0n) is 9.25. The van der Waals surface area contributed by atoms with E-state index >= 15 is 0 Å². The fraction of sp³-hybridized carbons (Fsp3) is 0.273. The second kappa shape index (κ2) is 5.71. The molecule has 0 amide bonds. The van der Waals surface area contributed by atoms with Gasteiger partial charge in [-0.15, -0.1) is 0 Å². The summed E-state index contributed by atoms with van der Waals surface area (Å²) in [7, 11) is 0. The van der Waals surface area contributed by atoms with E-state index in [1.165, 1.54) is 0 Å². The van der Waals surface area contributed by atoms with Gasteiger partial charge in [0.1, 0.15) is 0 Å². The van der Waals surface area contributed by atoms with E-state index in [1.54, 1.807) is 12.4 Å². The maximum absolute atomic E-state index is 9.46. The molecule has 6 nitrogen and oxygen atoms in total. The van der Waals surface area contributed by atoms with Gasteiger partial charge in [0.2, 0.25) is 11.7 Å². The second-order valence-corrected chi connectivity index (χ2v) is 4.54. The number of rotatable bonds is 4. The van der Waals surface area contributed by atoms with Gasteiger partial charge < -0.3 is 9.63 Å². The Morgan fingerprint density at radius 2 is 2.33 bits per heavy atom. The van der Waals surface area contributed by atoms with E-state index in [2.05, 4.69) is 31.1 Å². The Labute approximate surface area is 111 Å². The van der Waals surface area contributed by atoms with Crippen molar-refractivity contribution in [3.63, 3.8) is 0 Å². The summed E-state index contributed by atoms with van der Waals surface area (Å²) >= 11 is 3.30. The van der Waals surface area contributed by atoms with Crippen molar-refractivity contribution >= 4 is 15.9 Å². The van der Waals surface area contributed by atoms with E-state index in [4.69, 9.17) is 9.78 Å². The molecule has 1 atom stereocenters. The molecule has 0 spiro atoms. The molecule has 1 N–H and O–H groups in total. The number of halogens is 1. The first-order valence-corrected chi connectivity index (χ1v) is 5.97. The minimum absolute atomic E-state index is 0.0379. The Balaban J connectivity index is 2.13. The standard InChI is InChI=1S/C11H9BrN4O2/c12-8-3-7(5-14-6-8)11-15-10(18-16-11)4-9(17)1-2-13/h3,5-6,9,17H,1,4H2. The summed E-state index contributed by atoms with van der Waals surface area (Å²) in [5.41, 5.74) is 0.717. The molecule has 0 saturated heterocycles. The van der Waals surface area contributed by atoms with E-state index in [1.807, 2.05) is 12.1 Å². The molecule has 0 radical (unpaired) electrons. The highest BCUT2D eigenvalue weighted by atomic mass is 79.9. The summed E-state index contributed by atoms with van der Waals surface area (Å²) < 4.78 is 5.82. The van der Waals surface area contributed by atoms with Crippen molar-refractivity contribution in [3.05, 3.63) is 28.8 Å². The zero-order chi connectivity index (χ0) is 13.0. The lowest BCUT2D eigenvalue weighted by Crippen LogP contribution is -2.09. The Morgan fingerprint density at radius 3 is 3.06 bits per heavy atom. The van der Waals surface area contributed by atoms with Crippen LogP contribution in [0.25, 0.3) is 11.4 Å². The van der Waals surface area contributed by atoms with Gasteiger partial charge in [-0.05, 0) is 22.0 Å². The van der Waals surface area contributed by atoms with Crippen LogP contribution in [0.3, 0.4) is 0 Å². The number of nitrogens with zero attached hydrogens (tertiary/aromatic N) is 4. The van der Waals surface area contributed by atoms with Crippen LogP contribution >= 0.6 is 15.9 Å². The minimum atomic E-state index is -0.788. The number of aliphatic hydroxyl groups is 1. The van der Waals surface area contributed by atoms with Gasteiger partial charge in [-0.2, -0.15) is 10.2 Å².